The van der Waals surface area contributed by atoms with Crippen LogP contribution in [0.25, 0.3) is 12.2 Å². The number of nitrogens with zero attached hydrogens (tertiary/aromatic N) is 4. The molecule has 0 spiro atoms. The van der Waals surface area contributed by atoms with Crippen LogP contribution in [-0.2, 0) is 20.2 Å². The SMILES string of the molecule is Cc1ccc([O-])c(N=Nc2ccc(C=Cc3ccc(N=Nc4cc(C)ccc4[O-])cc3S(=O)(=O)[O-])c(S(=O)(=O)[O-])c2)c1.[K+].[K+].[K+].[K+]. The Labute approximate surface area is 437 Å². The molecule has 0 aromatic heterocycles. The van der Waals surface area contributed by atoms with Gasteiger partial charge in [0.25, 0.3) is 0 Å². The zero-order chi connectivity index (χ0) is 30.7. The van der Waals surface area contributed by atoms with Crippen LogP contribution in [0.1, 0.15) is 22.3 Å². The van der Waals surface area contributed by atoms with E-state index in [1.165, 1.54) is 48.5 Å². The van der Waals surface area contributed by atoms with Crippen molar-refractivity contribution in [1.29, 1.82) is 0 Å². The summed E-state index contributed by atoms with van der Waals surface area (Å²) in [7, 11) is -10.1. The Balaban J connectivity index is 0.00000506. The topological polar surface area (TPSA) is 210 Å². The summed E-state index contributed by atoms with van der Waals surface area (Å²) in [6.07, 6.45) is 2.29. The minimum Gasteiger partial charge on any atom is -0.871 e. The van der Waals surface area contributed by atoms with E-state index in [0.29, 0.717) is 0 Å². The van der Waals surface area contributed by atoms with Gasteiger partial charge in [-0.2, -0.15) is 20.5 Å². The molecular formula is C28H20K4N4O8S2. The smallest absolute Gasteiger partial charge is 0.871 e. The van der Waals surface area contributed by atoms with Gasteiger partial charge in [-0.3, -0.25) is 0 Å². The van der Waals surface area contributed by atoms with Crippen LogP contribution < -0.4 is 216 Å². The van der Waals surface area contributed by atoms with Gasteiger partial charge in [0.1, 0.15) is 20.2 Å². The second-order valence-electron chi connectivity index (χ2n) is 9.03. The zero-order valence-corrected chi connectivity index (χ0v) is 40.1. The Morgan fingerprint density at radius 1 is 0.522 bits per heavy atom. The first-order chi connectivity index (χ1) is 19.7. The summed E-state index contributed by atoms with van der Waals surface area (Å²) in [5.41, 5.74) is 1.24. The van der Waals surface area contributed by atoms with E-state index in [9.17, 15) is 36.2 Å². The third-order valence-corrected chi connectivity index (χ3v) is 7.54. The third kappa shape index (κ3) is 14.1. The number of rotatable bonds is 8. The molecule has 4 aromatic carbocycles. The number of hydrogen-bond acceptors (Lipinski definition) is 12. The molecule has 0 N–H and O–H groups in total. The number of hydrogen-bond donors (Lipinski definition) is 0. The molecule has 0 amide bonds. The summed E-state index contributed by atoms with van der Waals surface area (Å²) < 4.78 is 72.0. The fourth-order valence-electron chi connectivity index (χ4n) is 3.69. The molecule has 4 rings (SSSR count). The van der Waals surface area contributed by atoms with Gasteiger partial charge in [0.2, 0.25) is 0 Å². The molecule has 12 nitrogen and oxygen atoms in total. The van der Waals surface area contributed by atoms with Gasteiger partial charge < -0.3 is 19.3 Å². The fourth-order valence-corrected chi connectivity index (χ4v) is 5.07. The van der Waals surface area contributed by atoms with Crippen molar-refractivity contribution < 1.29 is 242 Å². The van der Waals surface area contributed by atoms with Gasteiger partial charge in [0, 0.05) is 0 Å². The molecule has 18 heteroatoms. The standard InChI is InChI=1S/C28H24N4O8S2.4K/c1-17-3-11-25(33)23(13-17)31-29-21-9-7-19(27(15-21)41(35,36)37)5-6-20-8-10-22(16-28(20)42(38,39)40)30-32-24-14-18(2)4-12-26(24)34;;;;/h3-16,33-34H,1-2H3,(H,35,36,37)(H,38,39,40);;;;/q;4*+1/p-4. The zero-order valence-electron chi connectivity index (χ0n) is 26.0. The normalized spacial score (nSPS) is 11.5. The van der Waals surface area contributed by atoms with Crippen LogP contribution in [0.4, 0.5) is 22.7 Å². The molecule has 0 heterocycles. The van der Waals surface area contributed by atoms with E-state index in [-0.39, 0.29) is 239 Å². The first kappa shape index (κ1) is 47.8. The van der Waals surface area contributed by atoms with Crippen LogP contribution >= 0.6 is 0 Å². The minimum absolute atomic E-state index is 0. The van der Waals surface area contributed by atoms with E-state index >= 15 is 0 Å². The Morgan fingerprint density at radius 3 is 1.20 bits per heavy atom. The number of azo groups is 2. The van der Waals surface area contributed by atoms with Crippen molar-refractivity contribution in [2.75, 3.05) is 0 Å². The monoisotopic (exact) mass is 760 g/mol. The number of benzene rings is 4. The molecule has 4 aromatic rings. The fraction of sp³-hybridized carbons (Fsp3) is 0.0714. The first-order valence-corrected chi connectivity index (χ1v) is 14.8. The minimum atomic E-state index is -5.04. The molecule has 0 aliphatic heterocycles. The van der Waals surface area contributed by atoms with E-state index in [1.54, 1.807) is 26.0 Å². The van der Waals surface area contributed by atoms with Crippen LogP contribution in [0, 0.1) is 13.8 Å². The molecule has 0 aliphatic rings. The maximum atomic E-state index is 12.0. The predicted octanol–water partition coefficient (Wildman–Crippen LogP) is -6.72. The Kier molecular flexibility index (Phi) is 22.2. The van der Waals surface area contributed by atoms with E-state index in [2.05, 4.69) is 20.5 Å². The van der Waals surface area contributed by atoms with Gasteiger partial charge in [-0.05, 0) is 72.5 Å². The molecule has 0 bridgehead atoms. The quantitative estimate of drug-likeness (QED) is 0.0728. The van der Waals surface area contributed by atoms with Gasteiger partial charge in [-0.15, -0.1) is 0 Å². The van der Waals surface area contributed by atoms with Gasteiger partial charge >= 0.3 is 206 Å². The molecule has 46 heavy (non-hydrogen) atoms. The molecule has 0 radical (unpaired) electrons. The second-order valence-corrected chi connectivity index (χ2v) is 11.7. The van der Waals surface area contributed by atoms with Crippen LogP contribution in [0.2, 0.25) is 0 Å². The maximum absolute atomic E-state index is 12.0. The van der Waals surface area contributed by atoms with E-state index < -0.39 is 41.5 Å². The predicted molar refractivity (Wildman–Crippen MR) is 147 cm³/mol. The van der Waals surface area contributed by atoms with Crippen molar-refractivity contribution in [3.63, 3.8) is 0 Å². The van der Waals surface area contributed by atoms with E-state index in [0.717, 1.165) is 35.4 Å². The average Bonchev–Trinajstić information content (AvgIpc) is 2.92. The Morgan fingerprint density at radius 2 is 0.870 bits per heavy atom. The largest absolute Gasteiger partial charge is 1.00 e. The van der Waals surface area contributed by atoms with Crippen molar-refractivity contribution in [2.45, 2.75) is 23.6 Å². The molecule has 0 saturated heterocycles. The summed E-state index contributed by atoms with van der Waals surface area (Å²) >= 11 is 0. The van der Waals surface area contributed by atoms with Crippen molar-refractivity contribution in [1.82, 2.24) is 0 Å². The number of aryl methyl sites for hydroxylation is 2. The maximum Gasteiger partial charge on any atom is 1.00 e. The first-order valence-electron chi connectivity index (χ1n) is 12.0. The van der Waals surface area contributed by atoms with Crippen molar-refractivity contribution in [3.8, 4) is 11.5 Å². The molecule has 0 aliphatic carbocycles. The average molecular weight is 761 g/mol. The molecule has 0 atom stereocenters. The van der Waals surface area contributed by atoms with E-state index in [1.807, 2.05) is 0 Å². The summed E-state index contributed by atoms with van der Waals surface area (Å²) in [5.74, 6) is -0.801. The van der Waals surface area contributed by atoms with Crippen LogP contribution in [-0.4, -0.2) is 25.9 Å². The second kappa shape index (κ2) is 21.3. The van der Waals surface area contributed by atoms with Gasteiger partial charge in [0.05, 0.1) is 32.5 Å². The van der Waals surface area contributed by atoms with Crippen LogP contribution in [0.5, 0.6) is 11.5 Å². The summed E-state index contributed by atoms with van der Waals surface area (Å²) in [6, 6.07) is 15.9. The summed E-state index contributed by atoms with van der Waals surface area (Å²) in [6.45, 7) is 3.50. The summed E-state index contributed by atoms with van der Waals surface area (Å²) in [4.78, 5) is -1.38. The van der Waals surface area contributed by atoms with Crippen LogP contribution in [0.15, 0.2) is 103 Å². The molecule has 216 valence electrons. The Hall–Kier alpha value is 1.79. The Bertz CT molecular complexity index is 1860. The van der Waals surface area contributed by atoms with Crippen molar-refractivity contribution >= 4 is 55.1 Å². The van der Waals surface area contributed by atoms with Gasteiger partial charge in [0.15, 0.2) is 0 Å². The van der Waals surface area contributed by atoms with Crippen molar-refractivity contribution in [2.24, 2.45) is 20.5 Å². The molecular weight excluding hydrogens is 741 g/mol. The molecule has 0 unspecified atom stereocenters. The third-order valence-electron chi connectivity index (χ3n) is 5.75. The van der Waals surface area contributed by atoms with Crippen LogP contribution in [0.3, 0.4) is 0 Å². The summed E-state index contributed by atoms with van der Waals surface area (Å²) in [5, 5.41) is 39.3. The van der Waals surface area contributed by atoms with Crippen molar-refractivity contribution in [3.05, 3.63) is 95.1 Å². The van der Waals surface area contributed by atoms with E-state index in [4.69, 9.17) is 0 Å². The van der Waals surface area contributed by atoms with Gasteiger partial charge in [-0.25, -0.2) is 16.8 Å². The molecule has 0 fully saturated rings. The molecule has 0 saturated carbocycles. The van der Waals surface area contributed by atoms with Gasteiger partial charge in [-0.1, -0.05) is 60.0 Å².